The predicted octanol–water partition coefficient (Wildman–Crippen LogP) is 0.485. The summed E-state index contributed by atoms with van der Waals surface area (Å²) in [5.74, 6) is -1.06. The molecule has 0 aliphatic rings. The molecule has 0 aromatic carbocycles. The minimum Gasteiger partial charge on any atom is -0.380 e. The van der Waals surface area contributed by atoms with Gasteiger partial charge in [0.25, 0.3) is 0 Å². The van der Waals surface area contributed by atoms with Crippen molar-refractivity contribution in [1.29, 1.82) is 0 Å². The van der Waals surface area contributed by atoms with Crippen LogP contribution in [0.1, 0.15) is 27.2 Å². The summed E-state index contributed by atoms with van der Waals surface area (Å²) in [4.78, 5) is 0. The van der Waals surface area contributed by atoms with Gasteiger partial charge in [-0.25, -0.2) is 0 Å². The molecule has 0 rings (SSSR count). The molecule has 0 aromatic rings. The molecule has 1 atom stereocenters. The quantitative estimate of drug-likeness (QED) is 0.575. The van der Waals surface area contributed by atoms with Crippen LogP contribution in [0.3, 0.4) is 0 Å². The summed E-state index contributed by atoms with van der Waals surface area (Å²) in [6.45, 7) is 6.81. The minimum atomic E-state index is -1.06. The second-order valence-electron chi connectivity index (χ2n) is 3.50. The van der Waals surface area contributed by atoms with Crippen molar-refractivity contribution in [3.8, 4) is 0 Å². The molecule has 0 aliphatic heterocycles. The Morgan fingerprint density at radius 3 is 2.54 bits per heavy atom. The van der Waals surface area contributed by atoms with Gasteiger partial charge < -0.3 is 20.3 Å². The monoisotopic (exact) mass is 191 g/mol. The maximum Gasteiger partial charge on any atom is 0.159 e. The molecular formula is C9H21NO3. The molecule has 0 amide bonds. The van der Waals surface area contributed by atoms with Crippen molar-refractivity contribution < 1.29 is 14.6 Å². The van der Waals surface area contributed by atoms with E-state index < -0.39 is 5.79 Å². The lowest BCUT2D eigenvalue weighted by atomic mass is 10.2. The summed E-state index contributed by atoms with van der Waals surface area (Å²) in [6, 6.07) is -0.0118. The fourth-order valence-electron chi connectivity index (χ4n) is 0.813. The van der Waals surface area contributed by atoms with E-state index in [1.165, 1.54) is 0 Å². The number of hydrogen-bond acceptors (Lipinski definition) is 4. The van der Waals surface area contributed by atoms with Gasteiger partial charge in [0.15, 0.2) is 5.79 Å². The van der Waals surface area contributed by atoms with Crippen molar-refractivity contribution in [2.24, 2.45) is 5.73 Å². The first kappa shape index (κ1) is 12.8. The highest BCUT2D eigenvalue weighted by Crippen LogP contribution is 2.04. The van der Waals surface area contributed by atoms with Gasteiger partial charge in [-0.2, -0.15) is 0 Å². The lowest BCUT2D eigenvalue weighted by Gasteiger charge is -2.19. The molecule has 0 saturated carbocycles. The van der Waals surface area contributed by atoms with E-state index in [1.54, 1.807) is 13.8 Å². The Labute approximate surface area is 80.0 Å². The molecule has 13 heavy (non-hydrogen) atoms. The van der Waals surface area contributed by atoms with Gasteiger partial charge >= 0.3 is 0 Å². The summed E-state index contributed by atoms with van der Waals surface area (Å²) >= 11 is 0. The Morgan fingerprint density at radius 2 is 2.08 bits per heavy atom. The van der Waals surface area contributed by atoms with Gasteiger partial charge in [0, 0.05) is 12.6 Å². The SMILES string of the molecule is CCOC[C@H](N)CCOC(C)(C)O. The largest absolute Gasteiger partial charge is 0.380 e. The first-order chi connectivity index (χ1) is 5.95. The van der Waals surface area contributed by atoms with Crippen molar-refractivity contribution in [2.75, 3.05) is 19.8 Å². The Kier molecular flexibility index (Phi) is 6.24. The molecule has 0 fully saturated rings. The Hall–Kier alpha value is -0.160. The molecule has 0 unspecified atom stereocenters. The summed E-state index contributed by atoms with van der Waals surface area (Å²) in [5.41, 5.74) is 5.70. The maximum absolute atomic E-state index is 9.21. The van der Waals surface area contributed by atoms with Crippen LogP contribution >= 0.6 is 0 Å². The number of ether oxygens (including phenoxy) is 2. The summed E-state index contributed by atoms with van der Waals surface area (Å²) in [5, 5.41) is 9.21. The van der Waals surface area contributed by atoms with Gasteiger partial charge in [0.05, 0.1) is 13.2 Å². The highest BCUT2D eigenvalue weighted by molar-refractivity contribution is 4.60. The van der Waals surface area contributed by atoms with Crippen molar-refractivity contribution in [2.45, 2.75) is 39.0 Å². The Bertz CT molecular complexity index is 123. The van der Waals surface area contributed by atoms with E-state index >= 15 is 0 Å². The van der Waals surface area contributed by atoms with E-state index in [9.17, 15) is 5.11 Å². The van der Waals surface area contributed by atoms with Gasteiger partial charge in [0.2, 0.25) is 0 Å². The highest BCUT2D eigenvalue weighted by Gasteiger charge is 2.12. The zero-order chi connectivity index (χ0) is 10.3. The summed E-state index contributed by atoms with van der Waals surface area (Å²) < 4.78 is 10.2. The molecule has 0 saturated heterocycles. The second kappa shape index (κ2) is 6.32. The van der Waals surface area contributed by atoms with Crippen LogP contribution in [0, 0.1) is 0 Å². The predicted molar refractivity (Wildman–Crippen MR) is 51.3 cm³/mol. The van der Waals surface area contributed by atoms with Crippen molar-refractivity contribution in [3.63, 3.8) is 0 Å². The van der Waals surface area contributed by atoms with Crippen LogP contribution in [0.15, 0.2) is 0 Å². The zero-order valence-electron chi connectivity index (χ0n) is 8.75. The number of nitrogens with two attached hydrogens (primary N) is 1. The maximum atomic E-state index is 9.21. The van der Waals surface area contributed by atoms with Crippen LogP contribution in [0.25, 0.3) is 0 Å². The fraction of sp³-hybridized carbons (Fsp3) is 1.00. The molecule has 0 heterocycles. The third-order valence-corrected chi connectivity index (χ3v) is 1.48. The van der Waals surface area contributed by atoms with Gasteiger partial charge in [-0.1, -0.05) is 0 Å². The molecule has 80 valence electrons. The van der Waals surface area contributed by atoms with E-state index in [0.29, 0.717) is 26.2 Å². The standard InChI is InChI=1S/C9H21NO3/c1-4-12-7-8(10)5-6-13-9(2,3)11/h8,11H,4-7,10H2,1-3H3/t8-/m1/s1. The lowest BCUT2D eigenvalue weighted by molar-refractivity contribution is -0.177. The van der Waals surface area contributed by atoms with E-state index in [1.807, 2.05) is 6.92 Å². The first-order valence-corrected chi connectivity index (χ1v) is 4.65. The zero-order valence-corrected chi connectivity index (χ0v) is 8.75. The molecule has 0 spiro atoms. The molecular weight excluding hydrogens is 170 g/mol. The average Bonchev–Trinajstić information content (AvgIpc) is 1.98. The second-order valence-corrected chi connectivity index (χ2v) is 3.50. The lowest BCUT2D eigenvalue weighted by Crippen LogP contribution is -2.31. The van der Waals surface area contributed by atoms with Crippen LogP contribution < -0.4 is 5.73 Å². The van der Waals surface area contributed by atoms with Gasteiger partial charge in [-0.3, -0.25) is 0 Å². The van der Waals surface area contributed by atoms with Gasteiger partial charge in [-0.05, 0) is 27.2 Å². The normalized spacial score (nSPS) is 14.5. The minimum absolute atomic E-state index is 0.0118. The van der Waals surface area contributed by atoms with E-state index in [2.05, 4.69) is 0 Å². The van der Waals surface area contributed by atoms with Crippen molar-refractivity contribution >= 4 is 0 Å². The number of aliphatic hydroxyl groups is 1. The summed E-state index contributed by atoms with van der Waals surface area (Å²) in [6.07, 6.45) is 0.698. The van der Waals surface area contributed by atoms with Crippen LogP contribution in [-0.2, 0) is 9.47 Å². The number of rotatable bonds is 7. The van der Waals surface area contributed by atoms with E-state index in [4.69, 9.17) is 15.2 Å². The molecule has 0 aliphatic carbocycles. The Morgan fingerprint density at radius 1 is 1.46 bits per heavy atom. The number of hydrogen-bond donors (Lipinski definition) is 2. The van der Waals surface area contributed by atoms with Crippen LogP contribution in [-0.4, -0.2) is 36.8 Å². The molecule has 3 N–H and O–H groups in total. The first-order valence-electron chi connectivity index (χ1n) is 4.65. The fourth-order valence-corrected chi connectivity index (χ4v) is 0.813. The topological polar surface area (TPSA) is 64.7 Å². The van der Waals surface area contributed by atoms with Gasteiger partial charge in [-0.15, -0.1) is 0 Å². The van der Waals surface area contributed by atoms with Crippen LogP contribution in [0.5, 0.6) is 0 Å². The van der Waals surface area contributed by atoms with Gasteiger partial charge in [0.1, 0.15) is 0 Å². The smallest absolute Gasteiger partial charge is 0.159 e. The molecule has 4 nitrogen and oxygen atoms in total. The average molecular weight is 191 g/mol. The highest BCUT2D eigenvalue weighted by atomic mass is 16.6. The summed E-state index contributed by atoms with van der Waals surface area (Å²) in [7, 11) is 0. The van der Waals surface area contributed by atoms with E-state index in [-0.39, 0.29) is 6.04 Å². The molecule has 4 heteroatoms. The molecule has 0 bridgehead atoms. The third kappa shape index (κ3) is 9.76. The van der Waals surface area contributed by atoms with Crippen molar-refractivity contribution in [1.82, 2.24) is 0 Å². The molecule has 0 aromatic heterocycles. The van der Waals surface area contributed by atoms with Crippen LogP contribution in [0.2, 0.25) is 0 Å². The molecule has 0 radical (unpaired) electrons. The van der Waals surface area contributed by atoms with Crippen LogP contribution in [0.4, 0.5) is 0 Å². The van der Waals surface area contributed by atoms with E-state index in [0.717, 1.165) is 0 Å². The van der Waals surface area contributed by atoms with Crippen molar-refractivity contribution in [3.05, 3.63) is 0 Å². The Balaban J connectivity index is 3.31. The third-order valence-electron chi connectivity index (χ3n) is 1.48.